The third kappa shape index (κ3) is 5.35. The highest BCUT2D eigenvalue weighted by molar-refractivity contribution is 7.90. The molecular weight excluding hydrogens is 488 g/mol. The van der Waals surface area contributed by atoms with Crippen LogP contribution in [-0.2, 0) is 9.84 Å². The summed E-state index contributed by atoms with van der Waals surface area (Å²) in [5.74, 6) is 0.478. The highest BCUT2D eigenvalue weighted by atomic mass is 32.2. The first-order valence-electron chi connectivity index (χ1n) is 12.2. The quantitative estimate of drug-likeness (QED) is 0.415. The van der Waals surface area contributed by atoms with E-state index in [0.717, 1.165) is 42.7 Å². The maximum atomic E-state index is 12.9. The number of amides is 1. The van der Waals surface area contributed by atoms with Crippen LogP contribution in [0.3, 0.4) is 0 Å². The molecule has 1 amide bonds. The lowest BCUT2D eigenvalue weighted by molar-refractivity contribution is 0.0663. The molecule has 1 saturated heterocycles. The topological polar surface area (TPSA) is 100 Å². The number of benzene rings is 2. The lowest BCUT2D eigenvalue weighted by Crippen LogP contribution is -2.44. The molecular formula is C27H30N6O3S. The first kappa shape index (κ1) is 24.9. The van der Waals surface area contributed by atoms with Crippen molar-refractivity contribution in [3.05, 3.63) is 72.6 Å². The number of sulfone groups is 1. The average molecular weight is 519 g/mol. The standard InChI is InChI=1S/C27H30N6O3S/c1-31(2)22-13-15-32(16-14-22)26(34)19-4-6-21(7-5-19)29-27-28-18-20-12-17-33(25(20)30-27)23-8-10-24(11-9-23)37(3,35)36/h4-12,17-18,22H,13-16H2,1-3H3,(H,28,29,30). The van der Waals surface area contributed by atoms with Gasteiger partial charge in [0.05, 0.1) is 4.90 Å². The molecule has 4 aromatic rings. The Labute approximate surface area is 216 Å². The van der Waals surface area contributed by atoms with Gasteiger partial charge in [0.15, 0.2) is 9.84 Å². The molecule has 2 aromatic carbocycles. The van der Waals surface area contributed by atoms with E-state index in [1.165, 1.54) is 6.26 Å². The van der Waals surface area contributed by atoms with Crippen molar-refractivity contribution in [1.82, 2.24) is 24.3 Å². The van der Waals surface area contributed by atoms with Crippen LogP contribution < -0.4 is 5.32 Å². The van der Waals surface area contributed by atoms with E-state index in [1.54, 1.807) is 30.5 Å². The van der Waals surface area contributed by atoms with Crippen molar-refractivity contribution in [1.29, 1.82) is 0 Å². The van der Waals surface area contributed by atoms with Crippen LogP contribution in [0.15, 0.2) is 71.9 Å². The molecule has 1 fully saturated rings. The molecule has 192 valence electrons. The molecule has 3 heterocycles. The SMILES string of the molecule is CN(C)C1CCN(C(=O)c2ccc(Nc3ncc4ccn(-c5ccc(S(C)(=O)=O)cc5)c4n3)cc2)CC1. The Morgan fingerprint density at radius 3 is 2.30 bits per heavy atom. The van der Waals surface area contributed by atoms with Crippen LogP contribution in [-0.4, -0.2) is 78.1 Å². The van der Waals surface area contributed by atoms with E-state index in [4.69, 9.17) is 0 Å². The van der Waals surface area contributed by atoms with Gasteiger partial charge in [0, 0.05) is 60.1 Å². The molecule has 5 rings (SSSR count). The summed E-state index contributed by atoms with van der Waals surface area (Å²) < 4.78 is 25.4. The number of nitrogens with zero attached hydrogens (tertiary/aromatic N) is 5. The second-order valence-corrected chi connectivity index (χ2v) is 11.6. The summed E-state index contributed by atoms with van der Waals surface area (Å²) >= 11 is 0. The van der Waals surface area contributed by atoms with Crippen molar-refractivity contribution >= 4 is 38.4 Å². The van der Waals surface area contributed by atoms with Gasteiger partial charge in [0.25, 0.3) is 5.91 Å². The summed E-state index contributed by atoms with van der Waals surface area (Å²) in [5.41, 5.74) is 2.93. The zero-order chi connectivity index (χ0) is 26.2. The van der Waals surface area contributed by atoms with Crippen LogP contribution in [0.5, 0.6) is 0 Å². The Balaban J connectivity index is 1.30. The summed E-state index contributed by atoms with van der Waals surface area (Å²) in [6, 6.07) is 16.5. The van der Waals surface area contributed by atoms with Crippen LogP contribution in [0, 0.1) is 0 Å². The predicted octanol–water partition coefficient (Wildman–Crippen LogP) is 3.73. The molecule has 0 unspecified atom stereocenters. The van der Waals surface area contributed by atoms with Crippen molar-refractivity contribution < 1.29 is 13.2 Å². The van der Waals surface area contributed by atoms with Gasteiger partial charge in [-0.05, 0) is 81.5 Å². The van der Waals surface area contributed by atoms with Gasteiger partial charge >= 0.3 is 0 Å². The zero-order valence-electron chi connectivity index (χ0n) is 21.1. The number of piperidine rings is 1. The third-order valence-electron chi connectivity index (χ3n) is 6.84. The third-order valence-corrected chi connectivity index (χ3v) is 7.97. The van der Waals surface area contributed by atoms with Crippen molar-refractivity contribution in [3.8, 4) is 5.69 Å². The predicted molar refractivity (Wildman–Crippen MR) is 144 cm³/mol. The minimum Gasteiger partial charge on any atom is -0.339 e. The van der Waals surface area contributed by atoms with Gasteiger partial charge in [-0.15, -0.1) is 0 Å². The Morgan fingerprint density at radius 1 is 1.00 bits per heavy atom. The number of likely N-dealkylation sites (tertiary alicyclic amines) is 1. The molecule has 0 saturated carbocycles. The first-order chi connectivity index (χ1) is 17.7. The number of hydrogen-bond donors (Lipinski definition) is 1. The van der Waals surface area contributed by atoms with Crippen LogP contribution >= 0.6 is 0 Å². The summed E-state index contributed by atoms with van der Waals surface area (Å²) in [6.07, 6.45) is 6.78. The summed E-state index contributed by atoms with van der Waals surface area (Å²) in [4.78, 5) is 26.5. The number of carbonyl (C=O) groups is 1. The Kier molecular flexibility index (Phi) is 6.70. The van der Waals surface area contributed by atoms with E-state index in [1.807, 2.05) is 46.0 Å². The number of hydrogen-bond acceptors (Lipinski definition) is 7. The van der Waals surface area contributed by atoms with Crippen molar-refractivity contribution in [3.63, 3.8) is 0 Å². The molecule has 2 aromatic heterocycles. The molecule has 1 N–H and O–H groups in total. The van der Waals surface area contributed by atoms with Crippen molar-refractivity contribution in [2.24, 2.45) is 0 Å². The lowest BCUT2D eigenvalue weighted by Gasteiger charge is -2.35. The van der Waals surface area contributed by atoms with Gasteiger partial charge in [-0.1, -0.05) is 0 Å². The fraction of sp³-hybridized carbons (Fsp3) is 0.296. The molecule has 9 nitrogen and oxygen atoms in total. The number of anilines is 2. The van der Waals surface area contributed by atoms with Crippen LogP contribution in [0.4, 0.5) is 11.6 Å². The van der Waals surface area contributed by atoms with Gasteiger partial charge < -0.3 is 19.7 Å². The van der Waals surface area contributed by atoms with Crippen molar-refractivity contribution in [2.45, 2.75) is 23.8 Å². The van der Waals surface area contributed by atoms with Gasteiger partial charge in [-0.2, -0.15) is 4.98 Å². The second kappa shape index (κ2) is 9.95. The molecule has 0 bridgehead atoms. The number of aromatic nitrogens is 3. The summed E-state index contributed by atoms with van der Waals surface area (Å²) in [7, 11) is 0.913. The Hall–Kier alpha value is -3.76. The monoisotopic (exact) mass is 518 g/mol. The maximum Gasteiger partial charge on any atom is 0.253 e. The fourth-order valence-electron chi connectivity index (χ4n) is 4.63. The Morgan fingerprint density at radius 2 is 1.68 bits per heavy atom. The zero-order valence-corrected chi connectivity index (χ0v) is 21.9. The second-order valence-electron chi connectivity index (χ2n) is 9.61. The van der Waals surface area contributed by atoms with E-state index in [9.17, 15) is 13.2 Å². The number of carbonyl (C=O) groups excluding carboxylic acids is 1. The van der Waals surface area contributed by atoms with E-state index < -0.39 is 9.84 Å². The van der Waals surface area contributed by atoms with Gasteiger partial charge in [-0.25, -0.2) is 13.4 Å². The van der Waals surface area contributed by atoms with E-state index in [0.29, 0.717) is 23.2 Å². The van der Waals surface area contributed by atoms with Gasteiger partial charge in [0.2, 0.25) is 5.95 Å². The molecule has 0 aliphatic carbocycles. The van der Waals surface area contributed by atoms with Crippen LogP contribution in [0.2, 0.25) is 0 Å². The highest BCUT2D eigenvalue weighted by Crippen LogP contribution is 2.23. The van der Waals surface area contributed by atoms with Crippen LogP contribution in [0.1, 0.15) is 23.2 Å². The largest absolute Gasteiger partial charge is 0.339 e. The average Bonchev–Trinajstić information content (AvgIpc) is 3.32. The molecule has 0 radical (unpaired) electrons. The molecule has 1 aliphatic heterocycles. The molecule has 37 heavy (non-hydrogen) atoms. The van der Waals surface area contributed by atoms with E-state index in [2.05, 4.69) is 34.3 Å². The normalized spacial score (nSPS) is 14.9. The number of fused-ring (bicyclic) bond motifs is 1. The van der Waals surface area contributed by atoms with Crippen molar-refractivity contribution in [2.75, 3.05) is 38.8 Å². The van der Waals surface area contributed by atoms with E-state index >= 15 is 0 Å². The maximum absolute atomic E-state index is 12.9. The molecule has 0 atom stereocenters. The summed E-state index contributed by atoms with van der Waals surface area (Å²) in [5, 5.41) is 4.07. The van der Waals surface area contributed by atoms with E-state index in [-0.39, 0.29) is 10.8 Å². The molecule has 1 aliphatic rings. The van der Waals surface area contributed by atoms with Gasteiger partial charge in [0.1, 0.15) is 5.65 Å². The highest BCUT2D eigenvalue weighted by Gasteiger charge is 2.24. The minimum absolute atomic E-state index is 0.0566. The first-order valence-corrected chi connectivity index (χ1v) is 14.1. The number of nitrogens with one attached hydrogen (secondary N) is 1. The summed E-state index contributed by atoms with van der Waals surface area (Å²) in [6.45, 7) is 1.54. The lowest BCUT2D eigenvalue weighted by atomic mass is 10.0. The minimum atomic E-state index is -3.26. The molecule has 10 heteroatoms. The fourth-order valence-corrected chi connectivity index (χ4v) is 5.26. The molecule has 0 spiro atoms. The smallest absolute Gasteiger partial charge is 0.253 e. The van der Waals surface area contributed by atoms with Gasteiger partial charge in [-0.3, -0.25) is 4.79 Å². The van der Waals surface area contributed by atoms with Crippen LogP contribution in [0.25, 0.3) is 16.7 Å². The number of rotatable bonds is 6. The Bertz CT molecular complexity index is 1520.